The summed E-state index contributed by atoms with van der Waals surface area (Å²) in [4.78, 5) is 24.5. The van der Waals surface area contributed by atoms with Crippen LogP contribution in [-0.4, -0.2) is 36.8 Å². The van der Waals surface area contributed by atoms with Crippen LogP contribution in [0.1, 0.15) is 23.2 Å². The zero-order chi connectivity index (χ0) is 13.8. The van der Waals surface area contributed by atoms with Crippen molar-refractivity contribution in [2.75, 3.05) is 19.7 Å². The molecule has 4 nitrogen and oxygen atoms in total. The molecule has 1 aliphatic heterocycles. The molecule has 1 heterocycles. The Labute approximate surface area is 121 Å². The van der Waals surface area contributed by atoms with Crippen LogP contribution in [0.3, 0.4) is 0 Å². The van der Waals surface area contributed by atoms with Crippen LogP contribution in [0.25, 0.3) is 0 Å². The van der Waals surface area contributed by atoms with E-state index in [1.54, 1.807) is 4.90 Å². The van der Waals surface area contributed by atoms with Gasteiger partial charge in [0.25, 0.3) is 5.91 Å². The topological polar surface area (TPSA) is 46.6 Å². The fourth-order valence-corrected chi connectivity index (χ4v) is 2.58. The molecule has 102 valence electrons. The number of amides is 1. The molecule has 0 spiro atoms. The second-order valence-corrected chi connectivity index (χ2v) is 5.14. The molecule has 1 aromatic carbocycles. The molecule has 0 aliphatic carbocycles. The number of benzene rings is 1. The smallest absolute Gasteiger partial charge is 0.260 e. The minimum Gasteiger partial charge on any atom is -0.481 e. The van der Waals surface area contributed by atoms with Crippen molar-refractivity contribution < 1.29 is 14.3 Å². The Kier molecular flexibility index (Phi) is 4.66. The summed E-state index contributed by atoms with van der Waals surface area (Å²) in [5.41, 5.74) is 0.242. The Hall–Kier alpha value is -1.26. The lowest BCUT2D eigenvalue weighted by atomic mass is 10.2. The number of ether oxygens (including phenoxy) is 1. The highest BCUT2D eigenvalue weighted by Gasteiger charge is 2.19. The van der Waals surface area contributed by atoms with Crippen molar-refractivity contribution in [2.24, 2.45) is 0 Å². The lowest BCUT2D eigenvalue weighted by Gasteiger charge is -2.16. The summed E-state index contributed by atoms with van der Waals surface area (Å²) >= 11 is 11.8. The van der Waals surface area contributed by atoms with E-state index >= 15 is 0 Å². The molecule has 0 bridgehead atoms. The molecule has 1 aliphatic rings. The lowest BCUT2D eigenvalue weighted by molar-refractivity contribution is -0.132. The van der Waals surface area contributed by atoms with Gasteiger partial charge in [0.15, 0.2) is 12.9 Å². The standard InChI is InChI=1S/C13H13Cl2NO3/c14-10-5-9(7-17)13(11(15)6-10)19-8-12(18)16-3-1-2-4-16/h5-7H,1-4,8H2. The van der Waals surface area contributed by atoms with E-state index in [0.717, 1.165) is 25.9 Å². The number of aldehydes is 1. The van der Waals surface area contributed by atoms with Crippen molar-refractivity contribution in [2.45, 2.75) is 12.8 Å². The van der Waals surface area contributed by atoms with Gasteiger partial charge >= 0.3 is 0 Å². The fraction of sp³-hybridized carbons (Fsp3) is 0.385. The van der Waals surface area contributed by atoms with Crippen molar-refractivity contribution in [3.63, 3.8) is 0 Å². The number of hydrogen-bond acceptors (Lipinski definition) is 3. The van der Waals surface area contributed by atoms with Crippen LogP contribution in [0.2, 0.25) is 10.0 Å². The first kappa shape index (κ1) is 14.2. The first-order valence-electron chi connectivity index (χ1n) is 5.96. The third-order valence-electron chi connectivity index (χ3n) is 2.96. The van der Waals surface area contributed by atoms with Crippen molar-refractivity contribution in [3.8, 4) is 5.75 Å². The quantitative estimate of drug-likeness (QED) is 0.804. The summed E-state index contributed by atoms with van der Waals surface area (Å²) < 4.78 is 5.37. The molecule has 6 heteroatoms. The van der Waals surface area contributed by atoms with Crippen LogP contribution in [0, 0.1) is 0 Å². The molecule has 0 saturated carbocycles. The number of rotatable bonds is 4. The van der Waals surface area contributed by atoms with Crippen LogP contribution < -0.4 is 4.74 Å². The molecule has 0 radical (unpaired) electrons. The van der Waals surface area contributed by atoms with Crippen molar-refractivity contribution >= 4 is 35.4 Å². The highest BCUT2D eigenvalue weighted by molar-refractivity contribution is 6.36. The zero-order valence-corrected chi connectivity index (χ0v) is 11.7. The minimum atomic E-state index is -0.123. The number of halogens is 2. The molecule has 0 aromatic heterocycles. The maximum Gasteiger partial charge on any atom is 0.260 e. The normalized spacial score (nSPS) is 14.5. The predicted molar refractivity (Wildman–Crippen MR) is 73.2 cm³/mol. The van der Waals surface area contributed by atoms with E-state index < -0.39 is 0 Å². The Bertz CT molecular complexity index is 499. The average molecular weight is 302 g/mol. The lowest BCUT2D eigenvalue weighted by Crippen LogP contribution is -2.32. The number of carbonyl (C=O) groups excluding carboxylic acids is 2. The summed E-state index contributed by atoms with van der Waals surface area (Å²) in [6, 6.07) is 2.93. The second kappa shape index (κ2) is 6.26. The predicted octanol–water partition coefficient (Wildman–Crippen LogP) is 2.81. The molecule has 1 fully saturated rings. The van der Waals surface area contributed by atoms with Gasteiger partial charge in [-0.3, -0.25) is 9.59 Å². The fourth-order valence-electron chi connectivity index (χ4n) is 2.01. The Morgan fingerprint density at radius 2 is 2.00 bits per heavy atom. The van der Waals surface area contributed by atoms with Gasteiger partial charge in [-0.2, -0.15) is 0 Å². The Morgan fingerprint density at radius 1 is 1.32 bits per heavy atom. The van der Waals surface area contributed by atoms with Gasteiger partial charge in [-0.05, 0) is 25.0 Å². The van der Waals surface area contributed by atoms with Gasteiger partial charge in [-0.1, -0.05) is 23.2 Å². The number of likely N-dealkylation sites (tertiary alicyclic amines) is 1. The summed E-state index contributed by atoms with van der Waals surface area (Å²) in [6.07, 6.45) is 2.65. The van der Waals surface area contributed by atoms with Gasteiger partial charge < -0.3 is 9.64 Å². The van der Waals surface area contributed by atoms with Gasteiger partial charge in [-0.25, -0.2) is 0 Å². The molecular weight excluding hydrogens is 289 g/mol. The molecule has 1 aromatic rings. The van der Waals surface area contributed by atoms with Crippen molar-refractivity contribution in [1.29, 1.82) is 0 Å². The molecular formula is C13H13Cl2NO3. The molecule has 0 atom stereocenters. The van der Waals surface area contributed by atoms with Gasteiger partial charge in [0.1, 0.15) is 5.75 Å². The van der Waals surface area contributed by atoms with E-state index in [9.17, 15) is 9.59 Å². The SMILES string of the molecule is O=Cc1cc(Cl)cc(Cl)c1OCC(=O)N1CCCC1. The highest BCUT2D eigenvalue weighted by atomic mass is 35.5. The van der Waals surface area contributed by atoms with Crippen LogP contribution in [0.15, 0.2) is 12.1 Å². The maximum absolute atomic E-state index is 11.8. The monoisotopic (exact) mass is 301 g/mol. The summed E-state index contributed by atoms with van der Waals surface area (Å²) in [7, 11) is 0. The molecule has 19 heavy (non-hydrogen) atoms. The summed E-state index contributed by atoms with van der Waals surface area (Å²) in [6.45, 7) is 1.40. The molecule has 0 N–H and O–H groups in total. The van der Waals surface area contributed by atoms with Crippen molar-refractivity contribution in [3.05, 3.63) is 27.7 Å². The first-order valence-corrected chi connectivity index (χ1v) is 6.72. The number of nitrogens with zero attached hydrogens (tertiary/aromatic N) is 1. The molecule has 0 unspecified atom stereocenters. The Morgan fingerprint density at radius 3 is 2.63 bits per heavy atom. The maximum atomic E-state index is 11.8. The highest BCUT2D eigenvalue weighted by Crippen LogP contribution is 2.31. The van der Waals surface area contributed by atoms with E-state index in [0.29, 0.717) is 11.3 Å². The van der Waals surface area contributed by atoms with Crippen LogP contribution >= 0.6 is 23.2 Å². The van der Waals surface area contributed by atoms with E-state index in [1.165, 1.54) is 12.1 Å². The second-order valence-electron chi connectivity index (χ2n) is 4.30. The first-order chi connectivity index (χ1) is 9.11. The molecule has 1 saturated heterocycles. The van der Waals surface area contributed by atoms with E-state index in [-0.39, 0.29) is 28.8 Å². The van der Waals surface area contributed by atoms with E-state index in [2.05, 4.69) is 0 Å². The number of carbonyl (C=O) groups is 2. The average Bonchev–Trinajstić information content (AvgIpc) is 2.90. The van der Waals surface area contributed by atoms with E-state index in [4.69, 9.17) is 27.9 Å². The molecule has 2 rings (SSSR count). The van der Waals surface area contributed by atoms with Crippen LogP contribution in [-0.2, 0) is 4.79 Å². The summed E-state index contributed by atoms with van der Waals surface area (Å²) in [5, 5.41) is 0.578. The van der Waals surface area contributed by atoms with Crippen LogP contribution in [0.5, 0.6) is 5.75 Å². The third kappa shape index (κ3) is 3.39. The Balaban J connectivity index is 2.06. The van der Waals surface area contributed by atoms with Gasteiger partial charge in [0.2, 0.25) is 0 Å². The number of hydrogen-bond donors (Lipinski definition) is 0. The van der Waals surface area contributed by atoms with E-state index in [1.807, 2.05) is 0 Å². The van der Waals surface area contributed by atoms with Gasteiger partial charge in [-0.15, -0.1) is 0 Å². The zero-order valence-electron chi connectivity index (χ0n) is 10.2. The molecule has 1 amide bonds. The third-order valence-corrected chi connectivity index (χ3v) is 3.46. The summed E-state index contributed by atoms with van der Waals surface area (Å²) in [5.74, 6) is 0.106. The van der Waals surface area contributed by atoms with Gasteiger partial charge in [0, 0.05) is 18.1 Å². The van der Waals surface area contributed by atoms with Crippen molar-refractivity contribution in [1.82, 2.24) is 4.90 Å². The minimum absolute atomic E-state index is 0.0969. The largest absolute Gasteiger partial charge is 0.481 e. The van der Waals surface area contributed by atoms with Gasteiger partial charge in [0.05, 0.1) is 10.6 Å². The van der Waals surface area contributed by atoms with Crippen LogP contribution in [0.4, 0.5) is 0 Å².